The second-order valence-corrected chi connectivity index (χ2v) is 6.56. The highest BCUT2D eigenvalue weighted by atomic mass is 32.2. The van der Waals surface area contributed by atoms with E-state index in [9.17, 15) is 21.6 Å². The van der Waals surface area contributed by atoms with E-state index in [-0.39, 0.29) is 11.3 Å². The average molecular weight is 329 g/mol. The molecule has 22 heavy (non-hydrogen) atoms. The molecule has 0 bridgehead atoms. The number of sulfonamides is 1. The molecular formula is C15H14F3NO2S. The predicted octanol–water partition coefficient (Wildman–Crippen LogP) is 3.25. The van der Waals surface area contributed by atoms with E-state index in [1.165, 1.54) is 18.2 Å². The van der Waals surface area contributed by atoms with Crippen molar-refractivity contribution < 1.29 is 21.6 Å². The largest absolute Gasteiger partial charge is 0.416 e. The number of nitrogens with two attached hydrogens (primary N) is 1. The van der Waals surface area contributed by atoms with Crippen LogP contribution in [0, 0.1) is 6.92 Å². The van der Waals surface area contributed by atoms with Gasteiger partial charge in [-0.25, -0.2) is 13.6 Å². The first kappa shape index (κ1) is 16.5. The Kier molecular flexibility index (Phi) is 4.30. The molecule has 2 aromatic carbocycles. The molecule has 2 rings (SSSR count). The highest BCUT2D eigenvalue weighted by Crippen LogP contribution is 2.29. The van der Waals surface area contributed by atoms with Crippen molar-refractivity contribution in [2.24, 2.45) is 5.14 Å². The molecule has 2 N–H and O–H groups in total. The van der Waals surface area contributed by atoms with Crippen LogP contribution in [0.2, 0.25) is 0 Å². The van der Waals surface area contributed by atoms with E-state index >= 15 is 0 Å². The maximum absolute atomic E-state index is 12.5. The Hall–Kier alpha value is -1.86. The van der Waals surface area contributed by atoms with Gasteiger partial charge in [-0.3, -0.25) is 0 Å². The van der Waals surface area contributed by atoms with E-state index in [1.54, 1.807) is 19.1 Å². The second kappa shape index (κ2) is 5.73. The summed E-state index contributed by atoms with van der Waals surface area (Å²) in [7, 11) is -3.88. The summed E-state index contributed by atoms with van der Waals surface area (Å²) in [4.78, 5) is -0.0157. The first-order valence-corrected chi connectivity index (χ1v) is 7.90. The standard InChI is InChI=1S/C15H14F3NO2S/c1-10-2-7-14(22(19,20)21)12(8-10)9-11-3-5-13(6-4-11)15(16,17)18/h2-8H,9H2,1H3,(H2,19,20,21). The molecule has 3 nitrogen and oxygen atoms in total. The van der Waals surface area contributed by atoms with E-state index in [0.29, 0.717) is 11.1 Å². The number of benzene rings is 2. The summed E-state index contributed by atoms with van der Waals surface area (Å²) in [5.74, 6) is 0. The van der Waals surface area contributed by atoms with Crippen LogP contribution in [0.4, 0.5) is 13.2 Å². The molecule has 0 unspecified atom stereocenters. The van der Waals surface area contributed by atoms with Gasteiger partial charge >= 0.3 is 6.18 Å². The summed E-state index contributed by atoms with van der Waals surface area (Å²) < 4.78 is 60.7. The summed E-state index contributed by atoms with van der Waals surface area (Å²) >= 11 is 0. The minimum absolute atomic E-state index is 0.0157. The number of hydrogen-bond donors (Lipinski definition) is 1. The normalized spacial score (nSPS) is 12.4. The van der Waals surface area contributed by atoms with Gasteiger partial charge in [0.05, 0.1) is 10.5 Å². The van der Waals surface area contributed by atoms with Crippen LogP contribution in [-0.2, 0) is 22.6 Å². The number of halogens is 3. The molecule has 0 atom stereocenters. The number of hydrogen-bond acceptors (Lipinski definition) is 2. The number of aryl methyl sites for hydroxylation is 1. The second-order valence-electron chi connectivity index (χ2n) is 5.03. The Morgan fingerprint density at radius 3 is 2.14 bits per heavy atom. The molecule has 0 amide bonds. The van der Waals surface area contributed by atoms with Crippen molar-refractivity contribution in [2.45, 2.75) is 24.4 Å². The molecule has 0 aliphatic heterocycles. The van der Waals surface area contributed by atoms with Crippen molar-refractivity contribution in [1.82, 2.24) is 0 Å². The van der Waals surface area contributed by atoms with Crippen LogP contribution in [0.15, 0.2) is 47.4 Å². The molecule has 0 spiro atoms. The molecule has 0 fully saturated rings. The van der Waals surface area contributed by atoms with Gasteiger partial charge in [-0.1, -0.05) is 29.8 Å². The number of rotatable bonds is 3. The van der Waals surface area contributed by atoms with E-state index in [4.69, 9.17) is 5.14 Å². The van der Waals surface area contributed by atoms with Gasteiger partial charge in [0, 0.05) is 0 Å². The van der Waals surface area contributed by atoms with Crippen molar-refractivity contribution in [3.05, 3.63) is 64.7 Å². The third-order valence-corrected chi connectivity index (χ3v) is 4.21. The van der Waals surface area contributed by atoms with Crippen molar-refractivity contribution in [1.29, 1.82) is 0 Å². The van der Waals surface area contributed by atoms with Crippen LogP contribution in [0.5, 0.6) is 0 Å². The lowest BCUT2D eigenvalue weighted by Gasteiger charge is -2.11. The van der Waals surface area contributed by atoms with Gasteiger partial charge in [-0.05, 0) is 42.7 Å². The molecule has 0 radical (unpaired) electrons. The zero-order chi connectivity index (χ0) is 16.5. The summed E-state index contributed by atoms with van der Waals surface area (Å²) in [6.07, 6.45) is -4.21. The minimum atomic E-state index is -4.40. The average Bonchev–Trinajstić information content (AvgIpc) is 2.36. The first-order chi connectivity index (χ1) is 10.1. The summed E-state index contributed by atoms with van der Waals surface area (Å²) in [6.45, 7) is 1.79. The highest BCUT2D eigenvalue weighted by Gasteiger charge is 2.29. The fourth-order valence-electron chi connectivity index (χ4n) is 2.16. The topological polar surface area (TPSA) is 60.2 Å². The molecule has 0 aliphatic carbocycles. The van der Waals surface area contributed by atoms with Crippen LogP contribution in [0.25, 0.3) is 0 Å². The lowest BCUT2D eigenvalue weighted by atomic mass is 10.0. The van der Waals surface area contributed by atoms with Gasteiger partial charge in [-0.15, -0.1) is 0 Å². The first-order valence-electron chi connectivity index (χ1n) is 6.36. The van der Waals surface area contributed by atoms with E-state index in [0.717, 1.165) is 17.7 Å². The third kappa shape index (κ3) is 3.86. The van der Waals surface area contributed by atoms with Crippen LogP contribution < -0.4 is 5.14 Å². The van der Waals surface area contributed by atoms with Crippen LogP contribution in [-0.4, -0.2) is 8.42 Å². The lowest BCUT2D eigenvalue weighted by molar-refractivity contribution is -0.137. The summed E-state index contributed by atoms with van der Waals surface area (Å²) in [6, 6.07) is 9.30. The molecule has 0 saturated carbocycles. The quantitative estimate of drug-likeness (QED) is 0.939. The highest BCUT2D eigenvalue weighted by molar-refractivity contribution is 7.89. The van der Waals surface area contributed by atoms with Crippen molar-refractivity contribution in [3.8, 4) is 0 Å². The SMILES string of the molecule is Cc1ccc(S(N)(=O)=O)c(Cc2ccc(C(F)(F)F)cc2)c1. The smallest absolute Gasteiger partial charge is 0.225 e. The Morgan fingerprint density at radius 2 is 1.64 bits per heavy atom. The Labute approximate surface area is 126 Å². The molecule has 7 heteroatoms. The Bertz CT molecular complexity index is 781. The van der Waals surface area contributed by atoms with Gasteiger partial charge in [0.1, 0.15) is 0 Å². The van der Waals surface area contributed by atoms with Crippen LogP contribution >= 0.6 is 0 Å². The van der Waals surface area contributed by atoms with Gasteiger partial charge in [-0.2, -0.15) is 13.2 Å². The van der Waals surface area contributed by atoms with Crippen LogP contribution in [0.3, 0.4) is 0 Å². The van der Waals surface area contributed by atoms with E-state index in [1.807, 2.05) is 0 Å². The van der Waals surface area contributed by atoms with Crippen molar-refractivity contribution in [2.75, 3.05) is 0 Å². The van der Waals surface area contributed by atoms with Gasteiger partial charge < -0.3 is 0 Å². The summed E-state index contributed by atoms with van der Waals surface area (Å²) in [5, 5.41) is 5.17. The fourth-order valence-corrected chi connectivity index (χ4v) is 2.91. The van der Waals surface area contributed by atoms with Gasteiger partial charge in [0.25, 0.3) is 0 Å². The molecular weight excluding hydrogens is 315 g/mol. The zero-order valence-corrected chi connectivity index (χ0v) is 12.5. The molecule has 0 saturated heterocycles. The Balaban J connectivity index is 2.37. The maximum Gasteiger partial charge on any atom is 0.416 e. The molecule has 0 heterocycles. The van der Waals surface area contributed by atoms with E-state index in [2.05, 4.69) is 0 Å². The summed E-state index contributed by atoms with van der Waals surface area (Å²) in [5.41, 5.74) is 1.13. The predicted molar refractivity (Wildman–Crippen MR) is 76.8 cm³/mol. The van der Waals surface area contributed by atoms with Crippen LogP contribution in [0.1, 0.15) is 22.3 Å². The zero-order valence-electron chi connectivity index (χ0n) is 11.7. The lowest BCUT2D eigenvalue weighted by Crippen LogP contribution is -2.15. The number of alkyl halides is 3. The van der Waals surface area contributed by atoms with Crippen molar-refractivity contribution >= 4 is 10.0 Å². The van der Waals surface area contributed by atoms with Gasteiger partial charge in [0.2, 0.25) is 10.0 Å². The molecule has 118 valence electrons. The number of primary sulfonamides is 1. The van der Waals surface area contributed by atoms with E-state index < -0.39 is 21.8 Å². The third-order valence-electron chi connectivity index (χ3n) is 3.20. The Morgan fingerprint density at radius 1 is 1.05 bits per heavy atom. The van der Waals surface area contributed by atoms with Crippen molar-refractivity contribution in [3.63, 3.8) is 0 Å². The minimum Gasteiger partial charge on any atom is -0.225 e. The monoisotopic (exact) mass is 329 g/mol. The molecule has 2 aromatic rings. The fraction of sp³-hybridized carbons (Fsp3) is 0.200. The molecule has 0 aliphatic rings. The van der Waals surface area contributed by atoms with Gasteiger partial charge in [0.15, 0.2) is 0 Å². The molecule has 0 aromatic heterocycles. The maximum atomic E-state index is 12.5.